The van der Waals surface area contributed by atoms with Crippen molar-refractivity contribution >= 4 is 50.1 Å². The van der Waals surface area contributed by atoms with Gasteiger partial charge in [-0.05, 0) is 25.0 Å². The summed E-state index contributed by atoms with van der Waals surface area (Å²) in [6.07, 6.45) is 3.14. The van der Waals surface area contributed by atoms with Crippen LogP contribution in [0.5, 0.6) is 0 Å². The van der Waals surface area contributed by atoms with E-state index < -0.39 is 0 Å². The Morgan fingerprint density at radius 1 is 1.37 bits per heavy atom. The molecule has 7 nitrogen and oxygen atoms in total. The highest BCUT2D eigenvalue weighted by molar-refractivity contribution is 9.10. The molecule has 1 aliphatic rings. The Bertz CT molecular complexity index is 999. The second-order valence-corrected chi connectivity index (χ2v) is 9.60. The van der Waals surface area contributed by atoms with E-state index in [-0.39, 0.29) is 17.8 Å². The summed E-state index contributed by atoms with van der Waals surface area (Å²) in [5, 5.41) is 14.7. The summed E-state index contributed by atoms with van der Waals surface area (Å²) in [6.45, 7) is 3.61. The molecule has 1 amide bonds. The second kappa shape index (κ2) is 10.0. The fourth-order valence-electron chi connectivity index (χ4n) is 3.23. The van der Waals surface area contributed by atoms with E-state index in [0.717, 1.165) is 59.1 Å². The van der Waals surface area contributed by atoms with E-state index in [2.05, 4.69) is 47.9 Å². The lowest BCUT2D eigenvalue weighted by Gasteiger charge is -2.14. The Hall–Kier alpha value is -1.75. The number of ether oxygens (including phenoxy) is 1. The van der Waals surface area contributed by atoms with Crippen LogP contribution in [0.1, 0.15) is 25.6 Å². The van der Waals surface area contributed by atoms with Crippen LogP contribution in [0.15, 0.2) is 39.3 Å². The summed E-state index contributed by atoms with van der Waals surface area (Å²) >= 11 is 6.24. The molecule has 1 unspecified atom stereocenters. The number of carbonyl (C=O) groups is 1. The molecule has 3 aromatic rings. The quantitative estimate of drug-likeness (QED) is 0.447. The third-order valence-corrected chi connectivity index (χ3v) is 7.00. The van der Waals surface area contributed by atoms with Crippen LogP contribution in [0.25, 0.3) is 11.3 Å². The number of nitrogens with one attached hydrogen (secondary N) is 1. The molecule has 10 heteroatoms. The van der Waals surface area contributed by atoms with Gasteiger partial charge in [0, 0.05) is 28.4 Å². The Balaban J connectivity index is 1.35. The van der Waals surface area contributed by atoms with Crippen LogP contribution >= 0.6 is 39.0 Å². The number of carbonyl (C=O) groups excluding carboxylic acids is 1. The van der Waals surface area contributed by atoms with Gasteiger partial charge in [0.25, 0.3) is 0 Å². The average molecular weight is 508 g/mol. The van der Waals surface area contributed by atoms with Crippen molar-refractivity contribution in [2.45, 2.75) is 44.0 Å². The van der Waals surface area contributed by atoms with Crippen LogP contribution in [0.4, 0.5) is 5.13 Å². The van der Waals surface area contributed by atoms with Crippen molar-refractivity contribution < 1.29 is 9.53 Å². The van der Waals surface area contributed by atoms with E-state index in [1.54, 1.807) is 0 Å². The fraction of sp³-hybridized carbons (Fsp3) is 0.400. The molecule has 1 fully saturated rings. The number of aromatic nitrogens is 4. The molecule has 0 spiro atoms. The smallest absolute Gasteiger partial charge is 0.236 e. The van der Waals surface area contributed by atoms with Crippen LogP contribution in [0.2, 0.25) is 0 Å². The van der Waals surface area contributed by atoms with Crippen LogP contribution in [-0.4, -0.2) is 44.1 Å². The fourth-order valence-corrected chi connectivity index (χ4v) is 5.00. The zero-order chi connectivity index (χ0) is 20.9. The summed E-state index contributed by atoms with van der Waals surface area (Å²) in [5.41, 5.74) is 1.86. The van der Waals surface area contributed by atoms with E-state index in [4.69, 9.17) is 4.74 Å². The second-order valence-electron chi connectivity index (χ2n) is 6.88. The molecule has 158 valence electrons. The van der Waals surface area contributed by atoms with Gasteiger partial charge in [0.1, 0.15) is 5.82 Å². The summed E-state index contributed by atoms with van der Waals surface area (Å²) in [7, 11) is 0. The average Bonchev–Trinajstić information content (AvgIpc) is 3.49. The first kappa shape index (κ1) is 21.5. The van der Waals surface area contributed by atoms with Crippen molar-refractivity contribution in [2.24, 2.45) is 0 Å². The number of thioether (sulfide) groups is 1. The van der Waals surface area contributed by atoms with Gasteiger partial charge in [0.2, 0.25) is 5.91 Å². The zero-order valence-electron chi connectivity index (χ0n) is 16.5. The van der Waals surface area contributed by atoms with E-state index in [0.29, 0.717) is 5.13 Å². The zero-order valence-corrected chi connectivity index (χ0v) is 19.7. The number of thiazole rings is 1. The molecule has 1 aromatic carbocycles. The summed E-state index contributed by atoms with van der Waals surface area (Å²) in [5.74, 6) is 1.06. The van der Waals surface area contributed by atoms with Gasteiger partial charge in [-0.25, -0.2) is 4.98 Å². The van der Waals surface area contributed by atoms with Crippen molar-refractivity contribution in [1.82, 2.24) is 19.7 Å². The summed E-state index contributed by atoms with van der Waals surface area (Å²) < 4.78 is 8.86. The number of amides is 1. The maximum Gasteiger partial charge on any atom is 0.236 e. The molecule has 3 heterocycles. The molecule has 0 radical (unpaired) electrons. The van der Waals surface area contributed by atoms with Gasteiger partial charge in [0.05, 0.1) is 24.1 Å². The molecule has 4 rings (SSSR count). The third-order valence-electron chi connectivity index (χ3n) is 4.74. The Kier molecular flexibility index (Phi) is 7.19. The van der Waals surface area contributed by atoms with Crippen LogP contribution in [0, 0.1) is 0 Å². The molecule has 2 aromatic heterocycles. The lowest BCUT2D eigenvalue weighted by Crippen LogP contribution is -2.19. The largest absolute Gasteiger partial charge is 0.376 e. The van der Waals surface area contributed by atoms with Crippen molar-refractivity contribution in [3.05, 3.63) is 39.9 Å². The van der Waals surface area contributed by atoms with Crippen molar-refractivity contribution in [3.8, 4) is 11.3 Å². The molecule has 1 atom stereocenters. The number of hydrogen-bond donors (Lipinski definition) is 1. The minimum absolute atomic E-state index is 0.110. The molecule has 0 bridgehead atoms. The third kappa shape index (κ3) is 5.29. The maximum atomic E-state index is 12.5. The molecular formula is C20H22BrN5O2S2. The molecule has 30 heavy (non-hydrogen) atoms. The van der Waals surface area contributed by atoms with E-state index >= 15 is 0 Å². The van der Waals surface area contributed by atoms with Crippen molar-refractivity contribution in [1.29, 1.82) is 0 Å². The Morgan fingerprint density at radius 3 is 2.93 bits per heavy atom. The summed E-state index contributed by atoms with van der Waals surface area (Å²) in [4.78, 5) is 17.0. The van der Waals surface area contributed by atoms with E-state index in [1.165, 1.54) is 23.1 Å². The van der Waals surface area contributed by atoms with Gasteiger partial charge in [-0.2, -0.15) is 0 Å². The Morgan fingerprint density at radius 2 is 2.20 bits per heavy atom. The Labute approximate surface area is 191 Å². The summed E-state index contributed by atoms with van der Waals surface area (Å²) in [6, 6.07) is 7.93. The van der Waals surface area contributed by atoms with Gasteiger partial charge in [0.15, 0.2) is 10.3 Å². The van der Waals surface area contributed by atoms with Crippen molar-refractivity contribution in [2.75, 3.05) is 17.7 Å². The first-order valence-corrected chi connectivity index (χ1v) is 12.5. The van der Waals surface area contributed by atoms with Gasteiger partial charge in [-0.3, -0.25) is 4.79 Å². The van der Waals surface area contributed by atoms with Gasteiger partial charge >= 0.3 is 0 Å². The van der Waals surface area contributed by atoms with Gasteiger partial charge in [-0.15, -0.1) is 21.5 Å². The number of nitrogens with zero attached hydrogens (tertiary/aromatic N) is 4. The van der Waals surface area contributed by atoms with E-state index in [1.807, 2.05) is 29.6 Å². The lowest BCUT2D eigenvalue weighted by atomic mass is 10.2. The SMILES string of the molecule is CCc1nnc(SCC(=O)Nc2nc(-c3ccc(Br)cc3)cs2)n1CC1CCCO1. The molecule has 1 saturated heterocycles. The van der Waals surface area contributed by atoms with Crippen LogP contribution in [0.3, 0.4) is 0 Å². The van der Waals surface area contributed by atoms with Gasteiger partial charge < -0.3 is 14.6 Å². The number of halogens is 1. The highest BCUT2D eigenvalue weighted by Crippen LogP contribution is 2.27. The molecule has 1 N–H and O–H groups in total. The molecule has 0 aliphatic carbocycles. The first-order valence-electron chi connectivity index (χ1n) is 9.80. The normalized spacial score (nSPS) is 16.1. The molecular weight excluding hydrogens is 486 g/mol. The number of rotatable bonds is 8. The highest BCUT2D eigenvalue weighted by atomic mass is 79.9. The predicted molar refractivity (Wildman–Crippen MR) is 123 cm³/mol. The number of anilines is 1. The molecule has 0 saturated carbocycles. The highest BCUT2D eigenvalue weighted by Gasteiger charge is 2.21. The number of hydrogen-bond acceptors (Lipinski definition) is 7. The standard InChI is InChI=1S/C20H22BrN5O2S2/c1-2-17-24-25-20(26(17)10-15-4-3-9-28-15)30-12-18(27)23-19-22-16(11-29-19)13-5-7-14(21)8-6-13/h5-8,11,15H,2-4,9-10,12H2,1H3,(H,22,23,27). The van der Waals surface area contributed by atoms with Crippen LogP contribution < -0.4 is 5.32 Å². The topological polar surface area (TPSA) is 81.9 Å². The molecule has 1 aliphatic heterocycles. The van der Waals surface area contributed by atoms with Crippen LogP contribution in [-0.2, 0) is 22.5 Å². The minimum atomic E-state index is -0.110. The van der Waals surface area contributed by atoms with Gasteiger partial charge in [-0.1, -0.05) is 46.7 Å². The number of benzene rings is 1. The van der Waals surface area contributed by atoms with E-state index in [9.17, 15) is 4.79 Å². The monoisotopic (exact) mass is 507 g/mol. The maximum absolute atomic E-state index is 12.5. The lowest BCUT2D eigenvalue weighted by molar-refractivity contribution is -0.113. The minimum Gasteiger partial charge on any atom is -0.376 e. The predicted octanol–water partition coefficient (Wildman–Crippen LogP) is 4.64. The number of aryl methyl sites for hydroxylation is 1. The van der Waals surface area contributed by atoms with Crippen molar-refractivity contribution in [3.63, 3.8) is 0 Å². The first-order chi connectivity index (χ1) is 14.6.